The van der Waals surface area contributed by atoms with Crippen LogP contribution >= 0.6 is 0 Å². The van der Waals surface area contributed by atoms with Crippen LogP contribution in [0, 0.1) is 6.92 Å². The molecular weight excluding hydrogens is 242 g/mol. The minimum atomic E-state index is -0.479. The van der Waals surface area contributed by atoms with Crippen LogP contribution in [0.1, 0.15) is 17.6 Å². The van der Waals surface area contributed by atoms with Crippen molar-refractivity contribution in [2.75, 3.05) is 32.7 Å². The molecule has 19 heavy (non-hydrogen) atoms. The molecule has 2 N–H and O–H groups in total. The first kappa shape index (κ1) is 12.6. The maximum Gasteiger partial charge on any atom is 0.192 e. The third-order valence-corrected chi connectivity index (χ3v) is 3.54. The number of β-amino-alcohol motifs (C(OH)–C–C–N with tert-alkyl or cyclic N) is 1. The molecule has 0 saturated carbocycles. The number of hydrogen-bond donors (Lipinski definition) is 2. The highest BCUT2D eigenvalue weighted by Crippen LogP contribution is 2.21. The molecule has 1 aromatic heterocycles. The van der Waals surface area contributed by atoms with Crippen LogP contribution in [0.5, 0.6) is 0 Å². The normalized spacial score (nSPS) is 18.8. The predicted octanol–water partition coefficient (Wildman–Crippen LogP) is 1.07. The van der Waals surface area contributed by atoms with Crippen LogP contribution in [-0.4, -0.2) is 47.7 Å². The molecule has 102 valence electrons. The lowest BCUT2D eigenvalue weighted by Gasteiger charge is -2.29. The second kappa shape index (κ2) is 5.28. The van der Waals surface area contributed by atoms with Crippen LogP contribution in [0.3, 0.4) is 0 Å². The van der Waals surface area contributed by atoms with Gasteiger partial charge in [0.2, 0.25) is 0 Å². The molecule has 2 aromatic rings. The van der Waals surface area contributed by atoms with E-state index >= 15 is 0 Å². The van der Waals surface area contributed by atoms with Crippen molar-refractivity contribution in [3.8, 4) is 0 Å². The molecule has 0 amide bonds. The van der Waals surface area contributed by atoms with Gasteiger partial charge >= 0.3 is 0 Å². The quantitative estimate of drug-likeness (QED) is 0.865. The zero-order valence-corrected chi connectivity index (χ0v) is 11.1. The first-order valence-corrected chi connectivity index (χ1v) is 6.70. The highest BCUT2D eigenvalue weighted by molar-refractivity contribution is 5.73. The Morgan fingerprint density at radius 2 is 2.21 bits per heavy atom. The van der Waals surface area contributed by atoms with Gasteiger partial charge in [-0.1, -0.05) is 6.07 Å². The summed E-state index contributed by atoms with van der Waals surface area (Å²) in [6.07, 6.45) is -0.479. The van der Waals surface area contributed by atoms with Gasteiger partial charge in [-0.25, -0.2) is 4.98 Å². The van der Waals surface area contributed by atoms with Crippen molar-refractivity contribution < 1.29 is 9.52 Å². The summed E-state index contributed by atoms with van der Waals surface area (Å²) in [5, 5.41) is 13.6. The van der Waals surface area contributed by atoms with E-state index in [1.165, 1.54) is 0 Å². The third kappa shape index (κ3) is 2.78. The number of aryl methyl sites for hydroxylation is 1. The van der Waals surface area contributed by atoms with Gasteiger partial charge in [-0.05, 0) is 17.7 Å². The molecule has 1 atom stereocenters. The summed E-state index contributed by atoms with van der Waals surface area (Å²) in [5.41, 5.74) is 2.48. The van der Waals surface area contributed by atoms with Gasteiger partial charge in [-0.2, -0.15) is 0 Å². The number of nitrogens with zero attached hydrogens (tertiary/aromatic N) is 2. The second-order valence-electron chi connectivity index (χ2n) is 5.03. The van der Waals surface area contributed by atoms with Crippen LogP contribution in [0.15, 0.2) is 22.6 Å². The molecule has 1 fully saturated rings. The molecule has 5 heteroatoms. The fourth-order valence-corrected chi connectivity index (χ4v) is 2.51. The van der Waals surface area contributed by atoms with Gasteiger partial charge in [0.05, 0.1) is 6.10 Å². The zero-order chi connectivity index (χ0) is 13.2. The van der Waals surface area contributed by atoms with Crippen molar-refractivity contribution >= 4 is 11.1 Å². The van der Waals surface area contributed by atoms with Crippen molar-refractivity contribution in [1.29, 1.82) is 0 Å². The Balaban J connectivity index is 1.74. The minimum absolute atomic E-state index is 0.479. The van der Waals surface area contributed by atoms with Gasteiger partial charge in [0, 0.05) is 39.6 Å². The lowest BCUT2D eigenvalue weighted by atomic mass is 10.1. The Labute approximate surface area is 112 Å². The van der Waals surface area contributed by atoms with E-state index in [2.05, 4.69) is 15.2 Å². The van der Waals surface area contributed by atoms with E-state index in [-0.39, 0.29) is 0 Å². The number of hydrogen-bond acceptors (Lipinski definition) is 5. The van der Waals surface area contributed by atoms with Crippen LogP contribution in [0.25, 0.3) is 11.1 Å². The Morgan fingerprint density at radius 3 is 3.00 bits per heavy atom. The Bertz CT molecular complexity index is 561. The second-order valence-corrected chi connectivity index (χ2v) is 5.03. The zero-order valence-electron chi connectivity index (χ0n) is 11.1. The number of piperazine rings is 1. The lowest BCUT2D eigenvalue weighted by molar-refractivity contribution is 0.105. The smallest absolute Gasteiger partial charge is 0.192 e. The average molecular weight is 261 g/mol. The summed E-state index contributed by atoms with van der Waals surface area (Å²) >= 11 is 0. The highest BCUT2D eigenvalue weighted by atomic mass is 16.3. The van der Waals surface area contributed by atoms with Crippen molar-refractivity contribution in [2.45, 2.75) is 13.0 Å². The molecular formula is C14H19N3O2. The molecule has 1 aromatic carbocycles. The number of rotatable bonds is 3. The summed E-state index contributed by atoms with van der Waals surface area (Å²) in [6, 6.07) is 5.72. The number of aliphatic hydroxyl groups excluding tert-OH is 1. The molecule has 0 aliphatic carbocycles. The third-order valence-electron chi connectivity index (χ3n) is 3.54. The van der Waals surface area contributed by atoms with Crippen LogP contribution in [0.4, 0.5) is 0 Å². The fraction of sp³-hybridized carbons (Fsp3) is 0.500. The van der Waals surface area contributed by atoms with Crippen molar-refractivity contribution in [3.63, 3.8) is 0 Å². The molecule has 3 rings (SSSR count). The molecule has 1 saturated heterocycles. The van der Waals surface area contributed by atoms with E-state index in [0.29, 0.717) is 12.4 Å². The van der Waals surface area contributed by atoms with E-state index in [1.807, 2.05) is 25.1 Å². The topological polar surface area (TPSA) is 61.5 Å². The van der Waals surface area contributed by atoms with Crippen molar-refractivity contribution in [2.24, 2.45) is 0 Å². The Hall–Kier alpha value is -1.43. The van der Waals surface area contributed by atoms with Gasteiger partial charge in [0.15, 0.2) is 11.5 Å². The molecule has 1 unspecified atom stereocenters. The maximum absolute atomic E-state index is 10.3. The molecule has 5 nitrogen and oxygen atoms in total. The summed E-state index contributed by atoms with van der Waals surface area (Å²) in [4.78, 5) is 6.54. The highest BCUT2D eigenvalue weighted by Gasteiger charge is 2.16. The standard InChI is InChI=1S/C14H19N3O2/c1-10-16-12-3-2-11(8-14(12)19-10)13(18)9-17-6-4-15-5-7-17/h2-3,8,13,15,18H,4-7,9H2,1H3. The Kier molecular flexibility index (Phi) is 3.50. The number of aromatic nitrogens is 1. The fourth-order valence-electron chi connectivity index (χ4n) is 2.51. The molecule has 0 spiro atoms. The van der Waals surface area contributed by atoms with Crippen LogP contribution < -0.4 is 5.32 Å². The number of oxazole rings is 1. The summed E-state index contributed by atoms with van der Waals surface area (Å²) < 4.78 is 5.50. The van der Waals surface area contributed by atoms with E-state index in [9.17, 15) is 5.11 Å². The summed E-state index contributed by atoms with van der Waals surface area (Å²) in [6.45, 7) is 6.46. The van der Waals surface area contributed by atoms with Gasteiger partial charge in [-0.15, -0.1) is 0 Å². The largest absolute Gasteiger partial charge is 0.441 e. The van der Waals surface area contributed by atoms with Gasteiger partial charge in [0.1, 0.15) is 5.52 Å². The van der Waals surface area contributed by atoms with E-state index in [0.717, 1.165) is 42.8 Å². The molecule has 0 bridgehead atoms. The van der Waals surface area contributed by atoms with E-state index in [1.54, 1.807) is 0 Å². The molecule has 2 heterocycles. The number of benzene rings is 1. The Morgan fingerprint density at radius 1 is 1.42 bits per heavy atom. The van der Waals surface area contributed by atoms with Crippen molar-refractivity contribution in [3.05, 3.63) is 29.7 Å². The first-order valence-electron chi connectivity index (χ1n) is 6.70. The molecule has 1 aliphatic rings. The van der Waals surface area contributed by atoms with Crippen molar-refractivity contribution in [1.82, 2.24) is 15.2 Å². The SMILES string of the molecule is Cc1nc2ccc(C(O)CN3CCNCC3)cc2o1. The van der Waals surface area contributed by atoms with Gasteiger partial charge in [0.25, 0.3) is 0 Å². The molecule has 0 radical (unpaired) electrons. The first-order chi connectivity index (χ1) is 9.22. The van der Waals surface area contributed by atoms with Gasteiger partial charge in [-0.3, -0.25) is 4.90 Å². The van der Waals surface area contributed by atoms with Gasteiger partial charge < -0.3 is 14.8 Å². The van der Waals surface area contributed by atoms with E-state index < -0.39 is 6.10 Å². The summed E-state index contributed by atoms with van der Waals surface area (Å²) in [7, 11) is 0. The summed E-state index contributed by atoms with van der Waals surface area (Å²) in [5.74, 6) is 0.656. The number of nitrogens with one attached hydrogen (secondary N) is 1. The average Bonchev–Trinajstić information content (AvgIpc) is 2.78. The number of aliphatic hydroxyl groups is 1. The van der Waals surface area contributed by atoms with Crippen LogP contribution in [0.2, 0.25) is 0 Å². The molecule has 1 aliphatic heterocycles. The predicted molar refractivity (Wildman–Crippen MR) is 73.0 cm³/mol. The monoisotopic (exact) mass is 261 g/mol. The lowest BCUT2D eigenvalue weighted by Crippen LogP contribution is -2.44. The number of fused-ring (bicyclic) bond motifs is 1. The maximum atomic E-state index is 10.3. The minimum Gasteiger partial charge on any atom is -0.441 e. The van der Waals surface area contributed by atoms with E-state index in [4.69, 9.17) is 4.42 Å². The van der Waals surface area contributed by atoms with Crippen LogP contribution in [-0.2, 0) is 0 Å².